The van der Waals surface area contributed by atoms with Gasteiger partial charge in [-0.05, 0) is 90.5 Å². The number of hydrogen-bond donors (Lipinski definition) is 4. The van der Waals surface area contributed by atoms with Gasteiger partial charge in [0.15, 0.2) is 17.9 Å². The number of aliphatic hydroxyl groups is 3. The molecule has 9 atom stereocenters. The zero-order valence-electron chi connectivity index (χ0n) is 26.9. The lowest BCUT2D eigenvalue weighted by Gasteiger charge is -2.64. The molecular formula is C37H45NO8. The second-order valence-electron chi connectivity index (χ2n) is 14.3. The number of fused-ring (bicyclic) bond motifs is 5. The Morgan fingerprint density at radius 2 is 1.91 bits per heavy atom. The number of Topliss-reactive ketones (excluding diaryl/α,β-unsaturated/α-hetero) is 1. The molecule has 0 radical (unpaired) electrons. The van der Waals surface area contributed by atoms with Crippen LogP contribution in [0.5, 0.6) is 11.5 Å². The Bertz CT molecular complexity index is 1580. The van der Waals surface area contributed by atoms with Crippen molar-refractivity contribution < 1.29 is 39.1 Å². The van der Waals surface area contributed by atoms with Gasteiger partial charge in [-0.15, -0.1) is 0 Å². The van der Waals surface area contributed by atoms with Crippen LogP contribution in [0.4, 0.5) is 5.69 Å². The van der Waals surface area contributed by atoms with Crippen LogP contribution in [0.3, 0.4) is 0 Å². The van der Waals surface area contributed by atoms with Crippen LogP contribution in [0.25, 0.3) is 0 Å². The predicted octanol–water partition coefficient (Wildman–Crippen LogP) is 4.69. The third-order valence-corrected chi connectivity index (χ3v) is 11.7. The van der Waals surface area contributed by atoms with Gasteiger partial charge in [0.05, 0.1) is 30.8 Å². The zero-order valence-corrected chi connectivity index (χ0v) is 26.9. The first kappa shape index (κ1) is 32.4. The fraction of sp³-hybridized carbons (Fsp3) is 0.514. The number of carbonyl (C=O) groups excluding carboxylic acids is 2. The molecule has 5 unspecified atom stereocenters. The normalized spacial score (nSPS) is 35.4. The molecule has 0 heterocycles. The molecule has 6 rings (SSSR count). The molecular weight excluding hydrogens is 586 g/mol. The number of benzene rings is 2. The lowest BCUT2D eigenvalue weighted by Crippen LogP contribution is -2.61. The van der Waals surface area contributed by atoms with Crippen molar-refractivity contribution in [2.45, 2.75) is 71.6 Å². The standard InChI is InChI=1S/C37H45NO8/c1-35-13-11-24(40)15-22(35)10-12-36(2)31-17-30(32(28(42)19-39)37(31,3)18-27(41)33(35)36)46-34(43)26-16-25(8-9-29(26)44-4)45-20-21-6-5-7-23(38)14-21/h5-9,11,13-16,27,30-34,39,41,43H,10,12,17-20,38H2,1-4H3/t27-,30?,31?,32?,33?,34-,35-,36?,37-/m0/s1. The van der Waals surface area contributed by atoms with Gasteiger partial charge in [0.1, 0.15) is 24.7 Å². The monoisotopic (exact) mass is 631 g/mol. The Balaban J connectivity index is 1.29. The van der Waals surface area contributed by atoms with E-state index >= 15 is 0 Å². The van der Waals surface area contributed by atoms with Crippen LogP contribution in [0, 0.1) is 34.0 Å². The summed E-state index contributed by atoms with van der Waals surface area (Å²) in [5.74, 6) is -0.475. The molecule has 0 bridgehead atoms. The molecule has 0 amide bonds. The molecule has 0 spiro atoms. The largest absolute Gasteiger partial charge is 0.496 e. The maximum atomic E-state index is 13.5. The molecule has 0 aromatic heterocycles. The van der Waals surface area contributed by atoms with E-state index in [2.05, 4.69) is 13.8 Å². The molecule has 0 aliphatic heterocycles. The SMILES string of the molecule is COc1ccc(OCc2cccc(N)c2)cc1[C@@H](O)OC1CC2C3(C)CCC4=CC(=O)C=C[C@]4(C)C3[C@@H](O)C[C@]2(C)C1C(=O)CO. The van der Waals surface area contributed by atoms with Crippen LogP contribution in [-0.2, 0) is 20.9 Å². The Kier molecular flexibility index (Phi) is 8.42. The van der Waals surface area contributed by atoms with Crippen LogP contribution < -0.4 is 15.2 Å². The number of methoxy groups -OCH3 is 1. The summed E-state index contributed by atoms with van der Waals surface area (Å²) in [6.45, 7) is 5.93. The summed E-state index contributed by atoms with van der Waals surface area (Å²) in [5.41, 5.74) is 7.25. The molecule has 2 aromatic carbocycles. The Hall–Kier alpha value is -3.50. The maximum absolute atomic E-state index is 13.5. The second kappa shape index (κ2) is 11.9. The van der Waals surface area contributed by atoms with E-state index in [9.17, 15) is 24.9 Å². The van der Waals surface area contributed by atoms with Crippen molar-refractivity contribution >= 4 is 17.3 Å². The molecule has 2 aromatic rings. The summed E-state index contributed by atoms with van der Waals surface area (Å²) in [6.07, 6.45) is 4.62. The first-order valence-electron chi connectivity index (χ1n) is 16.1. The fourth-order valence-corrected chi connectivity index (χ4v) is 9.89. The first-order valence-corrected chi connectivity index (χ1v) is 16.1. The molecule has 46 heavy (non-hydrogen) atoms. The Labute approximate surface area is 270 Å². The summed E-state index contributed by atoms with van der Waals surface area (Å²) in [6, 6.07) is 12.5. The number of nitrogens with two attached hydrogens (primary N) is 1. The van der Waals surface area contributed by atoms with E-state index in [0.29, 0.717) is 42.0 Å². The van der Waals surface area contributed by atoms with Gasteiger partial charge in [0.2, 0.25) is 0 Å². The van der Waals surface area contributed by atoms with Gasteiger partial charge < -0.3 is 35.3 Å². The van der Waals surface area contributed by atoms with Crippen molar-refractivity contribution in [3.05, 3.63) is 77.4 Å². The van der Waals surface area contributed by atoms with Crippen LogP contribution in [-0.4, -0.2) is 52.8 Å². The number of carbonyl (C=O) groups is 2. The lowest BCUT2D eigenvalue weighted by atomic mass is 9.41. The van der Waals surface area contributed by atoms with Crippen molar-refractivity contribution in [1.29, 1.82) is 0 Å². The van der Waals surface area contributed by atoms with Crippen LogP contribution >= 0.6 is 0 Å². The van der Waals surface area contributed by atoms with Crippen molar-refractivity contribution in [2.75, 3.05) is 19.5 Å². The second-order valence-corrected chi connectivity index (χ2v) is 14.3. The number of ether oxygens (including phenoxy) is 3. The zero-order chi connectivity index (χ0) is 33.0. The van der Waals surface area contributed by atoms with Crippen molar-refractivity contribution in [2.24, 2.45) is 34.0 Å². The maximum Gasteiger partial charge on any atom is 0.185 e. The quantitative estimate of drug-likeness (QED) is 0.229. The smallest absolute Gasteiger partial charge is 0.185 e. The molecule has 0 saturated heterocycles. The van der Waals surface area contributed by atoms with Gasteiger partial charge in [0.25, 0.3) is 0 Å². The minimum absolute atomic E-state index is 0.0298. The van der Waals surface area contributed by atoms with E-state index < -0.39 is 47.3 Å². The Morgan fingerprint density at radius 3 is 2.63 bits per heavy atom. The van der Waals surface area contributed by atoms with Crippen molar-refractivity contribution in [3.8, 4) is 11.5 Å². The molecule has 3 fully saturated rings. The molecule has 3 saturated carbocycles. The molecule has 4 aliphatic rings. The van der Waals surface area contributed by atoms with Crippen LogP contribution in [0.15, 0.2) is 66.3 Å². The van der Waals surface area contributed by atoms with E-state index in [1.807, 2.05) is 31.2 Å². The topological polar surface area (TPSA) is 149 Å². The van der Waals surface area contributed by atoms with Gasteiger partial charge in [-0.2, -0.15) is 0 Å². The van der Waals surface area contributed by atoms with E-state index in [4.69, 9.17) is 19.9 Å². The molecule has 9 heteroatoms. The lowest BCUT2D eigenvalue weighted by molar-refractivity contribution is -0.176. The number of hydrogen-bond acceptors (Lipinski definition) is 9. The average Bonchev–Trinajstić information content (AvgIpc) is 3.31. The Morgan fingerprint density at radius 1 is 1.13 bits per heavy atom. The van der Waals surface area contributed by atoms with E-state index in [1.54, 1.807) is 36.4 Å². The van der Waals surface area contributed by atoms with Gasteiger partial charge in [0, 0.05) is 17.0 Å². The predicted molar refractivity (Wildman–Crippen MR) is 172 cm³/mol. The molecule has 4 aliphatic carbocycles. The minimum Gasteiger partial charge on any atom is -0.496 e. The van der Waals surface area contributed by atoms with E-state index in [-0.39, 0.29) is 30.0 Å². The van der Waals surface area contributed by atoms with E-state index in [0.717, 1.165) is 17.6 Å². The van der Waals surface area contributed by atoms with Gasteiger partial charge in [-0.25, -0.2) is 0 Å². The summed E-state index contributed by atoms with van der Waals surface area (Å²) in [5, 5.41) is 33.5. The number of nitrogen functional groups attached to an aromatic ring is 1. The third kappa shape index (κ3) is 5.27. The highest BCUT2D eigenvalue weighted by molar-refractivity contribution is 6.01. The molecule has 246 valence electrons. The highest BCUT2D eigenvalue weighted by atomic mass is 16.6. The van der Waals surface area contributed by atoms with Crippen molar-refractivity contribution in [1.82, 2.24) is 0 Å². The van der Waals surface area contributed by atoms with Crippen molar-refractivity contribution in [3.63, 3.8) is 0 Å². The summed E-state index contributed by atoms with van der Waals surface area (Å²) < 4.78 is 17.9. The van der Waals surface area contributed by atoms with Gasteiger partial charge >= 0.3 is 0 Å². The van der Waals surface area contributed by atoms with Crippen LogP contribution in [0.2, 0.25) is 0 Å². The fourth-order valence-electron chi connectivity index (χ4n) is 9.89. The number of rotatable bonds is 9. The minimum atomic E-state index is -1.45. The van der Waals surface area contributed by atoms with Gasteiger partial charge in [-0.3, -0.25) is 9.59 Å². The number of anilines is 1. The summed E-state index contributed by atoms with van der Waals surface area (Å²) >= 11 is 0. The van der Waals surface area contributed by atoms with Gasteiger partial charge in [-0.1, -0.05) is 44.6 Å². The highest BCUT2D eigenvalue weighted by Gasteiger charge is 2.69. The molecule has 9 nitrogen and oxygen atoms in total. The van der Waals surface area contributed by atoms with E-state index in [1.165, 1.54) is 7.11 Å². The molecule has 5 N–H and O–H groups in total. The number of aliphatic hydroxyl groups excluding tert-OH is 3. The highest BCUT2D eigenvalue weighted by Crippen LogP contribution is 2.71. The van der Waals surface area contributed by atoms with Crippen LogP contribution in [0.1, 0.15) is 63.9 Å². The number of ketones is 2. The average molecular weight is 632 g/mol. The third-order valence-electron chi connectivity index (χ3n) is 11.7. The first-order chi connectivity index (χ1) is 21.8. The summed E-state index contributed by atoms with van der Waals surface area (Å²) in [7, 11) is 1.50. The summed E-state index contributed by atoms with van der Waals surface area (Å²) in [4.78, 5) is 25.8. The number of allylic oxidation sites excluding steroid dienone is 4.